The van der Waals surface area contributed by atoms with E-state index in [-0.39, 0.29) is 0 Å². The molecule has 0 saturated heterocycles. The summed E-state index contributed by atoms with van der Waals surface area (Å²) < 4.78 is 1.92. The molecule has 0 bridgehead atoms. The third-order valence-corrected chi connectivity index (χ3v) is 3.42. The van der Waals surface area contributed by atoms with Crippen LogP contribution in [-0.2, 0) is 13.5 Å². The highest BCUT2D eigenvalue weighted by atomic mass is 15.2. The zero-order valence-corrected chi connectivity index (χ0v) is 12.0. The first kappa shape index (κ1) is 13.4. The summed E-state index contributed by atoms with van der Waals surface area (Å²) in [5.41, 5.74) is 3.51. The van der Waals surface area contributed by atoms with Gasteiger partial charge in [-0.2, -0.15) is 0 Å². The molecule has 0 unspecified atom stereocenters. The molecule has 0 saturated carbocycles. The van der Waals surface area contributed by atoms with Gasteiger partial charge in [-0.25, -0.2) is 0 Å². The topological polar surface area (TPSA) is 42.7 Å². The summed E-state index contributed by atoms with van der Waals surface area (Å²) >= 11 is 0. The van der Waals surface area contributed by atoms with Gasteiger partial charge < -0.3 is 9.88 Å². The van der Waals surface area contributed by atoms with Crippen LogP contribution in [0.25, 0.3) is 11.4 Å². The van der Waals surface area contributed by atoms with Crippen LogP contribution in [0.1, 0.15) is 5.56 Å². The Morgan fingerprint density at radius 1 is 1.05 bits per heavy atom. The average Bonchev–Trinajstić information content (AvgIpc) is 2.95. The van der Waals surface area contributed by atoms with Crippen molar-refractivity contribution in [2.75, 3.05) is 11.9 Å². The van der Waals surface area contributed by atoms with Crippen LogP contribution in [0.2, 0.25) is 0 Å². The maximum absolute atomic E-state index is 4.14. The molecule has 21 heavy (non-hydrogen) atoms. The van der Waals surface area contributed by atoms with Crippen molar-refractivity contribution in [3.05, 3.63) is 66.5 Å². The Bertz CT molecular complexity index is 704. The van der Waals surface area contributed by atoms with Crippen LogP contribution in [0.3, 0.4) is 0 Å². The standard InChI is InChI=1S/C17H18N4/c1-21-13-19-20-17(21)15-8-5-9-16(12-15)18-11-10-14-6-3-2-4-7-14/h2-9,12-13,18H,10-11H2,1H3. The minimum atomic E-state index is 0.877. The van der Waals surface area contributed by atoms with E-state index in [2.05, 4.69) is 51.9 Å². The molecule has 4 nitrogen and oxygen atoms in total. The number of rotatable bonds is 5. The molecular weight excluding hydrogens is 260 g/mol. The molecule has 0 aliphatic rings. The summed E-state index contributed by atoms with van der Waals surface area (Å²) in [4.78, 5) is 0. The van der Waals surface area contributed by atoms with Gasteiger partial charge in [0.15, 0.2) is 5.82 Å². The van der Waals surface area contributed by atoms with Crippen LogP contribution in [0, 0.1) is 0 Å². The lowest BCUT2D eigenvalue weighted by molar-refractivity contribution is 0.919. The third-order valence-electron chi connectivity index (χ3n) is 3.42. The van der Waals surface area contributed by atoms with Crippen LogP contribution >= 0.6 is 0 Å². The van der Waals surface area contributed by atoms with E-state index < -0.39 is 0 Å². The molecule has 0 radical (unpaired) electrons. The quantitative estimate of drug-likeness (QED) is 0.779. The molecule has 3 rings (SSSR count). The summed E-state index contributed by atoms with van der Waals surface area (Å²) in [5.74, 6) is 0.877. The molecule has 0 atom stereocenters. The normalized spacial score (nSPS) is 10.5. The minimum absolute atomic E-state index is 0.877. The summed E-state index contributed by atoms with van der Waals surface area (Å²) in [6.07, 6.45) is 2.72. The second-order valence-corrected chi connectivity index (χ2v) is 5.01. The number of anilines is 1. The fraction of sp³-hybridized carbons (Fsp3) is 0.176. The van der Waals surface area contributed by atoms with Crippen LogP contribution in [0.4, 0.5) is 5.69 Å². The van der Waals surface area contributed by atoms with Gasteiger partial charge in [-0.05, 0) is 24.1 Å². The second-order valence-electron chi connectivity index (χ2n) is 5.01. The number of benzene rings is 2. The van der Waals surface area contributed by atoms with Crippen molar-refractivity contribution < 1.29 is 0 Å². The Kier molecular flexibility index (Phi) is 3.96. The van der Waals surface area contributed by atoms with Gasteiger partial charge in [-0.3, -0.25) is 0 Å². The summed E-state index contributed by atoms with van der Waals surface area (Å²) in [6.45, 7) is 0.909. The molecule has 3 aromatic rings. The first-order valence-corrected chi connectivity index (χ1v) is 7.05. The SMILES string of the molecule is Cn1cnnc1-c1cccc(NCCc2ccccc2)c1. The van der Waals surface area contributed by atoms with Crippen LogP contribution in [-0.4, -0.2) is 21.3 Å². The van der Waals surface area contributed by atoms with E-state index in [0.29, 0.717) is 0 Å². The van der Waals surface area contributed by atoms with Gasteiger partial charge in [0.25, 0.3) is 0 Å². The number of aromatic nitrogens is 3. The van der Waals surface area contributed by atoms with Crippen molar-refractivity contribution in [3.63, 3.8) is 0 Å². The van der Waals surface area contributed by atoms with Crippen LogP contribution in [0.5, 0.6) is 0 Å². The number of nitrogens with one attached hydrogen (secondary N) is 1. The molecule has 0 fully saturated rings. The molecule has 0 aliphatic carbocycles. The Morgan fingerprint density at radius 3 is 2.67 bits per heavy atom. The highest BCUT2D eigenvalue weighted by Crippen LogP contribution is 2.20. The number of hydrogen-bond donors (Lipinski definition) is 1. The highest BCUT2D eigenvalue weighted by Gasteiger charge is 2.04. The van der Waals surface area contributed by atoms with E-state index in [9.17, 15) is 0 Å². The molecular formula is C17H18N4. The molecule has 0 aliphatic heterocycles. The zero-order chi connectivity index (χ0) is 14.5. The number of hydrogen-bond acceptors (Lipinski definition) is 3. The lowest BCUT2D eigenvalue weighted by Gasteiger charge is -2.08. The molecule has 0 amide bonds. The molecule has 106 valence electrons. The fourth-order valence-corrected chi connectivity index (χ4v) is 2.31. The van der Waals surface area contributed by atoms with Crippen molar-refractivity contribution in [3.8, 4) is 11.4 Å². The first-order chi connectivity index (χ1) is 10.3. The van der Waals surface area contributed by atoms with Gasteiger partial charge in [-0.15, -0.1) is 10.2 Å². The first-order valence-electron chi connectivity index (χ1n) is 7.05. The third kappa shape index (κ3) is 3.28. The van der Waals surface area contributed by atoms with Crippen molar-refractivity contribution in [2.24, 2.45) is 7.05 Å². The Balaban J connectivity index is 1.65. The smallest absolute Gasteiger partial charge is 0.163 e. The lowest BCUT2D eigenvalue weighted by Crippen LogP contribution is -2.04. The van der Waals surface area contributed by atoms with Gasteiger partial charge in [0.05, 0.1) is 0 Å². The Labute approximate surface area is 124 Å². The van der Waals surface area contributed by atoms with Gasteiger partial charge in [-0.1, -0.05) is 42.5 Å². The van der Waals surface area contributed by atoms with Crippen molar-refractivity contribution in [1.29, 1.82) is 0 Å². The molecule has 1 aromatic heterocycles. The predicted octanol–water partition coefficient (Wildman–Crippen LogP) is 3.14. The van der Waals surface area contributed by atoms with E-state index in [1.807, 2.05) is 29.8 Å². The second kappa shape index (κ2) is 6.22. The highest BCUT2D eigenvalue weighted by molar-refractivity contribution is 5.62. The lowest BCUT2D eigenvalue weighted by atomic mass is 10.1. The van der Waals surface area contributed by atoms with E-state index in [1.165, 1.54) is 5.56 Å². The van der Waals surface area contributed by atoms with Gasteiger partial charge in [0, 0.05) is 24.8 Å². The van der Waals surface area contributed by atoms with Gasteiger partial charge in [0.1, 0.15) is 6.33 Å². The van der Waals surface area contributed by atoms with Crippen molar-refractivity contribution >= 4 is 5.69 Å². The number of nitrogens with zero attached hydrogens (tertiary/aromatic N) is 3. The molecule has 1 N–H and O–H groups in total. The zero-order valence-electron chi connectivity index (χ0n) is 12.0. The van der Waals surface area contributed by atoms with Gasteiger partial charge in [0.2, 0.25) is 0 Å². The molecule has 4 heteroatoms. The average molecular weight is 278 g/mol. The summed E-state index contributed by atoms with van der Waals surface area (Å²) in [7, 11) is 1.95. The van der Waals surface area contributed by atoms with E-state index >= 15 is 0 Å². The minimum Gasteiger partial charge on any atom is -0.385 e. The summed E-state index contributed by atoms with van der Waals surface area (Å²) in [6, 6.07) is 18.8. The Morgan fingerprint density at radius 2 is 1.90 bits per heavy atom. The summed E-state index contributed by atoms with van der Waals surface area (Å²) in [5, 5.41) is 11.5. The monoisotopic (exact) mass is 278 g/mol. The molecule has 1 heterocycles. The van der Waals surface area contributed by atoms with Crippen LogP contribution < -0.4 is 5.32 Å². The van der Waals surface area contributed by atoms with E-state index in [1.54, 1.807) is 6.33 Å². The van der Waals surface area contributed by atoms with Crippen molar-refractivity contribution in [1.82, 2.24) is 14.8 Å². The molecule has 2 aromatic carbocycles. The molecule has 0 spiro atoms. The largest absolute Gasteiger partial charge is 0.385 e. The fourth-order valence-electron chi connectivity index (χ4n) is 2.31. The number of aryl methyl sites for hydroxylation is 1. The maximum Gasteiger partial charge on any atom is 0.163 e. The van der Waals surface area contributed by atoms with E-state index in [0.717, 1.165) is 30.0 Å². The van der Waals surface area contributed by atoms with Crippen molar-refractivity contribution in [2.45, 2.75) is 6.42 Å². The van der Waals surface area contributed by atoms with E-state index in [4.69, 9.17) is 0 Å². The Hall–Kier alpha value is -2.62. The maximum atomic E-state index is 4.14. The van der Waals surface area contributed by atoms with Crippen LogP contribution in [0.15, 0.2) is 60.9 Å². The predicted molar refractivity (Wildman–Crippen MR) is 85.1 cm³/mol. The van der Waals surface area contributed by atoms with Gasteiger partial charge >= 0.3 is 0 Å².